The van der Waals surface area contributed by atoms with Gasteiger partial charge in [-0.15, -0.1) is 0 Å². The van der Waals surface area contributed by atoms with Gasteiger partial charge in [0.2, 0.25) is 0 Å². The highest BCUT2D eigenvalue weighted by molar-refractivity contribution is 5.98. The number of carbonyl (C=O) groups is 1. The Morgan fingerprint density at radius 1 is 1.03 bits per heavy atom. The summed E-state index contributed by atoms with van der Waals surface area (Å²) in [5.74, 6) is 1.28. The van der Waals surface area contributed by atoms with Crippen LogP contribution in [0.25, 0.3) is 5.65 Å². The van der Waals surface area contributed by atoms with Gasteiger partial charge in [0.25, 0.3) is 5.91 Å². The molecule has 10 nitrogen and oxygen atoms in total. The standard InChI is InChI=1S/C13H13N7O.C5H10O.C4H8O/c1-15-11-6-10(18-9-4-2-3-5-16-9)19-13-8(12(14)21)7-17-20(11)13;1-2-4-6-5-3-1;1-2-4-5-3-1/h2-7,15H,1H3,(H2,14,21)(H,16,18,19);1-5H2;1-4H2. The van der Waals surface area contributed by atoms with Crippen LogP contribution in [0.4, 0.5) is 17.5 Å². The second kappa shape index (κ2) is 12.6. The fourth-order valence-corrected chi connectivity index (χ4v) is 3.14. The minimum Gasteiger partial charge on any atom is -0.381 e. The molecule has 0 aromatic carbocycles. The quantitative estimate of drug-likeness (QED) is 0.564. The molecule has 32 heavy (non-hydrogen) atoms. The molecule has 0 saturated carbocycles. The minimum atomic E-state index is -0.575. The lowest BCUT2D eigenvalue weighted by Crippen LogP contribution is -2.12. The van der Waals surface area contributed by atoms with Gasteiger partial charge in [-0.3, -0.25) is 4.79 Å². The number of anilines is 3. The molecule has 0 unspecified atom stereocenters. The summed E-state index contributed by atoms with van der Waals surface area (Å²) in [4.78, 5) is 20.0. The molecule has 1 amide bonds. The predicted octanol–water partition coefficient (Wildman–Crippen LogP) is 2.99. The van der Waals surface area contributed by atoms with Crippen molar-refractivity contribution in [3.63, 3.8) is 0 Å². The van der Waals surface area contributed by atoms with Crippen LogP contribution >= 0.6 is 0 Å². The Bertz CT molecular complexity index is 951. The van der Waals surface area contributed by atoms with E-state index in [9.17, 15) is 4.79 Å². The van der Waals surface area contributed by atoms with Crippen molar-refractivity contribution in [3.8, 4) is 0 Å². The van der Waals surface area contributed by atoms with Crippen molar-refractivity contribution in [1.82, 2.24) is 19.6 Å². The van der Waals surface area contributed by atoms with E-state index in [0.29, 0.717) is 23.1 Å². The third-order valence-corrected chi connectivity index (χ3v) is 4.82. The number of ether oxygens (including phenoxy) is 2. The average Bonchev–Trinajstić information content (AvgIpc) is 3.54. The van der Waals surface area contributed by atoms with E-state index < -0.39 is 5.91 Å². The number of pyridine rings is 1. The highest BCUT2D eigenvalue weighted by atomic mass is 16.5. The number of fused-ring (bicyclic) bond motifs is 1. The molecule has 172 valence electrons. The molecule has 10 heteroatoms. The van der Waals surface area contributed by atoms with Gasteiger partial charge in [-0.05, 0) is 44.2 Å². The first-order valence-electron chi connectivity index (χ1n) is 10.9. The molecule has 0 aliphatic carbocycles. The summed E-state index contributed by atoms with van der Waals surface area (Å²) in [5.41, 5.74) is 5.98. The van der Waals surface area contributed by atoms with Gasteiger partial charge >= 0.3 is 0 Å². The van der Waals surface area contributed by atoms with Gasteiger partial charge in [0.15, 0.2) is 5.65 Å². The van der Waals surface area contributed by atoms with E-state index in [2.05, 4.69) is 25.7 Å². The molecule has 3 aromatic heterocycles. The van der Waals surface area contributed by atoms with Crippen molar-refractivity contribution >= 4 is 29.0 Å². The molecule has 5 rings (SSSR count). The number of hydrogen-bond acceptors (Lipinski definition) is 8. The Morgan fingerprint density at radius 3 is 2.22 bits per heavy atom. The molecule has 5 heterocycles. The zero-order valence-electron chi connectivity index (χ0n) is 18.4. The largest absolute Gasteiger partial charge is 0.381 e. The molecular formula is C22H31N7O3. The molecular weight excluding hydrogens is 410 g/mol. The van der Waals surface area contributed by atoms with Crippen LogP contribution in [0.3, 0.4) is 0 Å². The minimum absolute atomic E-state index is 0.260. The van der Waals surface area contributed by atoms with Gasteiger partial charge in [-0.25, -0.2) is 9.97 Å². The summed E-state index contributed by atoms with van der Waals surface area (Å²) in [6, 6.07) is 7.26. The maximum atomic E-state index is 11.4. The van der Waals surface area contributed by atoms with Crippen molar-refractivity contribution in [1.29, 1.82) is 0 Å². The maximum Gasteiger partial charge on any atom is 0.254 e. The molecule has 2 saturated heterocycles. The number of rotatable bonds is 4. The van der Waals surface area contributed by atoms with Crippen molar-refractivity contribution in [2.75, 3.05) is 44.1 Å². The van der Waals surface area contributed by atoms with Gasteiger partial charge in [0.05, 0.1) is 6.20 Å². The zero-order chi connectivity index (χ0) is 22.6. The van der Waals surface area contributed by atoms with Crippen molar-refractivity contribution in [2.24, 2.45) is 5.73 Å². The van der Waals surface area contributed by atoms with E-state index in [1.165, 1.54) is 42.8 Å². The summed E-state index contributed by atoms with van der Waals surface area (Å²) in [6.07, 6.45) is 9.56. The summed E-state index contributed by atoms with van der Waals surface area (Å²) in [5, 5.41) is 10.2. The Kier molecular flexibility index (Phi) is 9.20. The third-order valence-electron chi connectivity index (χ3n) is 4.82. The average molecular weight is 442 g/mol. The number of amides is 1. The molecule has 0 radical (unpaired) electrons. The van der Waals surface area contributed by atoms with Crippen LogP contribution in [0.5, 0.6) is 0 Å². The first-order chi connectivity index (χ1) is 15.7. The van der Waals surface area contributed by atoms with E-state index in [0.717, 1.165) is 26.4 Å². The number of nitrogens with zero attached hydrogens (tertiary/aromatic N) is 4. The van der Waals surface area contributed by atoms with Crippen LogP contribution in [0.1, 0.15) is 42.5 Å². The fourth-order valence-electron chi connectivity index (χ4n) is 3.14. The number of nitrogens with two attached hydrogens (primary N) is 1. The highest BCUT2D eigenvalue weighted by Gasteiger charge is 2.14. The second-order valence-corrected chi connectivity index (χ2v) is 7.27. The van der Waals surface area contributed by atoms with E-state index in [1.54, 1.807) is 19.3 Å². The number of primary amides is 1. The second-order valence-electron chi connectivity index (χ2n) is 7.27. The lowest BCUT2D eigenvalue weighted by Gasteiger charge is -2.09. The van der Waals surface area contributed by atoms with Gasteiger partial charge < -0.3 is 25.8 Å². The topological polar surface area (TPSA) is 129 Å². The molecule has 0 bridgehead atoms. The van der Waals surface area contributed by atoms with Crippen LogP contribution in [-0.4, -0.2) is 59.0 Å². The lowest BCUT2D eigenvalue weighted by atomic mass is 10.2. The molecule has 2 fully saturated rings. The number of nitrogens with one attached hydrogen (secondary N) is 2. The van der Waals surface area contributed by atoms with Crippen LogP contribution in [0.15, 0.2) is 36.7 Å². The van der Waals surface area contributed by atoms with Gasteiger partial charge in [-0.2, -0.15) is 9.61 Å². The van der Waals surface area contributed by atoms with E-state index in [-0.39, 0.29) is 5.56 Å². The first-order valence-corrected chi connectivity index (χ1v) is 10.9. The predicted molar refractivity (Wildman–Crippen MR) is 123 cm³/mol. The Morgan fingerprint density at radius 2 is 1.72 bits per heavy atom. The first kappa shape index (κ1) is 23.4. The Hall–Kier alpha value is -3.24. The monoisotopic (exact) mass is 441 g/mol. The summed E-state index contributed by atoms with van der Waals surface area (Å²) < 4.78 is 11.5. The molecule has 0 spiro atoms. The number of carbonyl (C=O) groups excluding carboxylic acids is 1. The summed E-state index contributed by atoms with van der Waals surface area (Å²) >= 11 is 0. The molecule has 4 N–H and O–H groups in total. The third kappa shape index (κ3) is 6.89. The normalized spacial score (nSPS) is 15.2. The van der Waals surface area contributed by atoms with Crippen LogP contribution in [0, 0.1) is 0 Å². The van der Waals surface area contributed by atoms with Gasteiger partial charge in [-0.1, -0.05) is 6.07 Å². The van der Waals surface area contributed by atoms with E-state index in [1.807, 2.05) is 18.2 Å². The Labute approximate surface area is 187 Å². The summed E-state index contributed by atoms with van der Waals surface area (Å²) in [6.45, 7) is 4.00. The highest BCUT2D eigenvalue weighted by Crippen LogP contribution is 2.20. The zero-order valence-corrected chi connectivity index (χ0v) is 18.4. The SMILES string of the molecule is C1CCOC1.C1CCOCC1.CNc1cc(Nc2ccccn2)nc2c(C(N)=O)cnn12. The fraction of sp³-hybridized carbons (Fsp3) is 0.455. The van der Waals surface area contributed by atoms with E-state index in [4.69, 9.17) is 15.2 Å². The summed E-state index contributed by atoms with van der Waals surface area (Å²) in [7, 11) is 1.75. The molecule has 2 aliphatic rings. The molecule has 0 atom stereocenters. The molecule has 3 aromatic rings. The van der Waals surface area contributed by atoms with Crippen molar-refractivity contribution < 1.29 is 14.3 Å². The van der Waals surface area contributed by atoms with Gasteiger partial charge in [0, 0.05) is 45.7 Å². The maximum absolute atomic E-state index is 11.4. The van der Waals surface area contributed by atoms with Crippen LogP contribution in [-0.2, 0) is 9.47 Å². The number of hydrogen-bond donors (Lipinski definition) is 3. The Balaban J connectivity index is 0.000000213. The number of aromatic nitrogens is 4. The van der Waals surface area contributed by atoms with E-state index >= 15 is 0 Å². The van der Waals surface area contributed by atoms with Crippen molar-refractivity contribution in [3.05, 3.63) is 42.2 Å². The molecule has 2 aliphatic heterocycles. The van der Waals surface area contributed by atoms with Crippen LogP contribution in [0.2, 0.25) is 0 Å². The lowest BCUT2D eigenvalue weighted by molar-refractivity contribution is 0.0968. The smallest absolute Gasteiger partial charge is 0.254 e. The van der Waals surface area contributed by atoms with Gasteiger partial charge in [0.1, 0.15) is 23.0 Å². The van der Waals surface area contributed by atoms with Crippen LogP contribution < -0.4 is 16.4 Å². The van der Waals surface area contributed by atoms with Crippen molar-refractivity contribution in [2.45, 2.75) is 32.1 Å².